The van der Waals surface area contributed by atoms with Crippen molar-refractivity contribution in [3.8, 4) is 0 Å². The highest BCUT2D eigenvalue weighted by Gasteiger charge is 2.18. The second kappa shape index (κ2) is 6.45. The Morgan fingerprint density at radius 3 is 2.52 bits per heavy atom. The molecule has 4 rings (SSSR count). The first kappa shape index (κ1) is 14.9. The van der Waals surface area contributed by atoms with E-state index in [1.807, 2.05) is 11.8 Å². The third-order valence-corrected chi connectivity index (χ3v) is 6.09. The van der Waals surface area contributed by atoms with E-state index in [9.17, 15) is 0 Å². The number of benzene rings is 2. The highest BCUT2D eigenvalue weighted by molar-refractivity contribution is 7.99. The van der Waals surface area contributed by atoms with Crippen molar-refractivity contribution < 1.29 is 4.42 Å². The van der Waals surface area contributed by atoms with Gasteiger partial charge < -0.3 is 4.42 Å². The average Bonchev–Trinajstić information content (AvgIpc) is 2.92. The molecule has 1 saturated carbocycles. The molecule has 1 aliphatic carbocycles. The van der Waals surface area contributed by atoms with Gasteiger partial charge in [0, 0.05) is 10.3 Å². The van der Waals surface area contributed by atoms with Gasteiger partial charge >= 0.3 is 0 Å². The summed E-state index contributed by atoms with van der Waals surface area (Å²) in [5, 5.41) is 1.28. The Balaban J connectivity index is 1.72. The quantitative estimate of drug-likeness (QED) is 0.518. The molecular weight excluding hydrogens is 300 g/mol. The van der Waals surface area contributed by atoms with Crippen LogP contribution in [0, 0.1) is 6.92 Å². The van der Waals surface area contributed by atoms with Crippen molar-refractivity contribution in [1.82, 2.24) is 0 Å². The molecular formula is C21H22OS. The molecule has 118 valence electrons. The Bertz CT molecular complexity index is 797. The van der Waals surface area contributed by atoms with Crippen LogP contribution in [0.25, 0.3) is 11.0 Å². The molecule has 23 heavy (non-hydrogen) atoms. The largest absolute Gasteiger partial charge is 0.460 e. The summed E-state index contributed by atoms with van der Waals surface area (Å²) in [6, 6.07) is 17.4. The van der Waals surface area contributed by atoms with Crippen molar-refractivity contribution in [3.05, 3.63) is 59.9 Å². The lowest BCUT2D eigenvalue weighted by Gasteiger charge is -2.21. The zero-order valence-electron chi connectivity index (χ0n) is 13.5. The second-order valence-electron chi connectivity index (χ2n) is 6.49. The number of furan rings is 1. The molecule has 2 aromatic carbocycles. The molecule has 2 heteroatoms. The predicted octanol–water partition coefficient (Wildman–Crippen LogP) is 6.94. The van der Waals surface area contributed by atoms with E-state index >= 15 is 0 Å². The third kappa shape index (κ3) is 3.05. The molecule has 0 bridgehead atoms. The smallest absolute Gasteiger partial charge is 0.135 e. The van der Waals surface area contributed by atoms with Gasteiger partial charge in [0.2, 0.25) is 0 Å². The van der Waals surface area contributed by atoms with Crippen molar-refractivity contribution in [2.45, 2.75) is 54.7 Å². The summed E-state index contributed by atoms with van der Waals surface area (Å²) in [6.07, 6.45) is 6.82. The van der Waals surface area contributed by atoms with Crippen molar-refractivity contribution in [1.29, 1.82) is 0 Å². The first-order valence-corrected chi connectivity index (χ1v) is 9.39. The molecule has 0 saturated heterocycles. The van der Waals surface area contributed by atoms with Crippen molar-refractivity contribution in [2.75, 3.05) is 0 Å². The molecule has 1 heterocycles. The first-order valence-electron chi connectivity index (χ1n) is 8.57. The van der Waals surface area contributed by atoms with Crippen molar-refractivity contribution >= 4 is 22.7 Å². The molecule has 0 N–H and O–H groups in total. The zero-order valence-corrected chi connectivity index (χ0v) is 14.4. The number of aryl methyl sites for hydroxylation is 1. The number of fused-ring (bicyclic) bond motifs is 1. The van der Waals surface area contributed by atoms with Crippen LogP contribution in [-0.4, -0.2) is 0 Å². The van der Waals surface area contributed by atoms with Gasteiger partial charge in [-0.15, -0.1) is 0 Å². The maximum Gasteiger partial charge on any atom is 0.135 e. The zero-order chi connectivity index (χ0) is 15.6. The summed E-state index contributed by atoms with van der Waals surface area (Å²) in [6.45, 7) is 2.07. The van der Waals surface area contributed by atoms with E-state index < -0.39 is 0 Å². The van der Waals surface area contributed by atoms with Crippen LogP contribution in [-0.2, 0) is 0 Å². The van der Waals surface area contributed by atoms with Crippen molar-refractivity contribution in [3.63, 3.8) is 0 Å². The van der Waals surface area contributed by atoms with E-state index in [1.165, 1.54) is 52.8 Å². The van der Waals surface area contributed by atoms with Crippen LogP contribution in [0.4, 0.5) is 0 Å². The standard InChI is InChI=1S/C21H22OS/c1-15-21(23-18-10-6-3-7-11-18)19-14-17(12-13-20(19)22-15)16-8-4-2-5-9-16/h3,6-7,10-14,16H,2,4-5,8-9H2,1H3. The van der Waals surface area contributed by atoms with Gasteiger partial charge in [0.25, 0.3) is 0 Å². The summed E-state index contributed by atoms with van der Waals surface area (Å²) in [4.78, 5) is 2.53. The summed E-state index contributed by atoms with van der Waals surface area (Å²) < 4.78 is 5.99. The van der Waals surface area contributed by atoms with E-state index in [2.05, 4.69) is 55.5 Å². The molecule has 0 aliphatic heterocycles. The Hall–Kier alpha value is -1.67. The van der Waals surface area contributed by atoms with Gasteiger partial charge in [-0.1, -0.05) is 55.3 Å². The van der Waals surface area contributed by atoms with Gasteiger partial charge in [-0.05, 0) is 55.5 Å². The fourth-order valence-electron chi connectivity index (χ4n) is 3.64. The Morgan fingerprint density at radius 2 is 1.74 bits per heavy atom. The lowest BCUT2D eigenvalue weighted by molar-refractivity contribution is 0.444. The summed E-state index contributed by atoms with van der Waals surface area (Å²) in [5.41, 5.74) is 2.51. The summed E-state index contributed by atoms with van der Waals surface area (Å²) >= 11 is 1.81. The number of hydrogen-bond donors (Lipinski definition) is 0. The monoisotopic (exact) mass is 322 g/mol. The molecule has 0 atom stereocenters. The first-order chi connectivity index (χ1) is 11.3. The molecule has 3 aromatic rings. The van der Waals surface area contributed by atoms with Crippen LogP contribution >= 0.6 is 11.8 Å². The molecule has 1 nitrogen and oxygen atoms in total. The lowest BCUT2D eigenvalue weighted by atomic mass is 9.84. The van der Waals surface area contributed by atoms with Crippen LogP contribution < -0.4 is 0 Å². The fourth-order valence-corrected chi connectivity index (χ4v) is 4.62. The molecule has 0 unspecified atom stereocenters. The van der Waals surface area contributed by atoms with Crippen LogP contribution in [0.15, 0.2) is 62.7 Å². The summed E-state index contributed by atoms with van der Waals surface area (Å²) in [7, 11) is 0. The minimum Gasteiger partial charge on any atom is -0.460 e. The Kier molecular flexibility index (Phi) is 4.17. The maximum absolute atomic E-state index is 5.99. The van der Waals surface area contributed by atoms with Gasteiger partial charge in [-0.25, -0.2) is 0 Å². The van der Waals surface area contributed by atoms with Gasteiger partial charge in [0.1, 0.15) is 11.3 Å². The van der Waals surface area contributed by atoms with Crippen molar-refractivity contribution in [2.24, 2.45) is 0 Å². The van der Waals surface area contributed by atoms with Gasteiger partial charge in [-0.3, -0.25) is 0 Å². The maximum atomic E-state index is 5.99. The minimum absolute atomic E-state index is 0.734. The molecule has 1 aliphatic rings. The highest BCUT2D eigenvalue weighted by Crippen LogP contribution is 2.40. The SMILES string of the molecule is Cc1oc2ccc(C3CCCCC3)cc2c1Sc1ccccc1. The Morgan fingerprint density at radius 1 is 0.957 bits per heavy atom. The molecule has 1 aromatic heterocycles. The van der Waals surface area contributed by atoms with E-state index in [-0.39, 0.29) is 0 Å². The normalized spacial score (nSPS) is 16.0. The molecule has 1 fully saturated rings. The molecule has 0 radical (unpaired) electrons. The van der Waals surface area contributed by atoms with Crippen LogP contribution in [0.5, 0.6) is 0 Å². The average molecular weight is 322 g/mol. The lowest BCUT2D eigenvalue weighted by Crippen LogP contribution is -2.04. The topological polar surface area (TPSA) is 13.1 Å². The number of hydrogen-bond acceptors (Lipinski definition) is 2. The minimum atomic E-state index is 0.734. The van der Waals surface area contributed by atoms with Gasteiger partial charge in [0.05, 0.1) is 4.90 Å². The van der Waals surface area contributed by atoms with Crippen LogP contribution in [0.1, 0.15) is 49.3 Å². The van der Waals surface area contributed by atoms with Gasteiger partial charge in [0.15, 0.2) is 0 Å². The van der Waals surface area contributed by atoms with E-state index in [0.29, 0.717) is 0 Å². The van der Waals surface area contributed by atoms with Gasteiger partial charge in [-0.2, -0.15) is 0 Å². The Labute approximate surface area is 142 Å². The van der Waals surface area contributed by atoms with Crippen LogP contribution in [0.2, 0.25) is 0 Å². The van der Waals surface area contributed by atoms with E-state index in [4.69, 9.17) is 4.42 Å². The molecule has 0 amide bonds. The second-order valence-corrected chi connectivity index (χ2v) is 7.58. The fraction of sp³-hybridized carbons (Fsp3) is 0.333. The number of rotatable bonds is 3. The third-order valence-electron chi connectivity index (χ3n) is 4.87. The van der Waals surface area contributed by atoms with Crippen LogP contribution in [0.3, 0.4) is 0 Å². The summed E-state index contributed by atoms with van der Waals surface area (Å²) in [5.74, 6) is 1.76. The highest BCUT2D eigenvalue weighted by atomic mass is 32.2. The van der Waals surface area contributed by atoms with E-state index in [0.717, 1.165) is 17.3 Å². The predicted molar refractivity (Wildman–Crippen MR) is 97.3 cm³/mol. The molecule has 0 spiro atoms. The van der Waals surface area contributed by atoms with E-state index in [1.54, 1.807) is 0 Å².